The number of hydrogen-bond acceptors (Lipinski definition) is 3. The van der Waals surface area contributed by atoms with Crippen LogP contribution in [-0.4, -0.2) is 23.2 Å². The smallest absolute Gasteiger partial charge is 0.143 e. The molecule has 1 aromatic carbocycles. The Morgan fingerprint density at radius 2 is 2.16 bits per heavy atom. The van der Waals surface area contributed by atoms with Crippen LogP contribution in [0, 0.1) is 13.8 Å². The molecule has 0 aliphatic carbocycles. The van der Waals surface area contributed by atoms with E-state index in [-0.39, 0.29) is 0 Å². The Morgan fingerprint density at radius 1 is 1.37 bits per heavy atom. The number of hydrogen-bond donors (Lipinski definition) is 1. The molecule has 0 fully saturated rings. The van der Waals surface area contributed by atoms with Gasteiger partial charge in [-0.2, -0.15) is 0 Å². The highest BCUT2D eigenvalue weighted by Crippen LogP contribution is 2.30. The average Bonchev–Trinajstić information content (AvgIpc) is 2.79. The van der Waals surface area contributed by atoms with Gasteiger partial charge in [0.15, 0.2) is 0 Å². The Hall–Kier alpha value is -1.68. The summed E-state index contributed by atoms with van der Waals surface area (Å²) in [5.74, 6) is 1.78. The van der Waals surface area contributed by atoms with Crippen LogP contribution in [0.2, 0.25) is 5.02 Å². The van der Waals surface area contributed by atoms with Crippen molar-refractivity contribution < 1.29 is 4.74 Å². The lowest BCUT2D eigenvalue weighted by molar-refractivity contribution is 0.416. The van der Waals surface area contributed by atoms with Gasteiger partial charge >= 0.3 is 0 Å². The fourth-order valence-electron chi connectivity index (χ4n) is 1.92. The van der Waals surface area contributed by atoms with E-state index in [0.717, 1.165) is 35.9 Å². The predicted octanol–water partition coefficient (Wildman–Crippen LogP) is 3.27. The first-order valence-corrected chi connectivity index (χ1v) is 6.55. The molecule has 19 heavy (non-hydrogen) atoms. The van der Waals surface area contributed by atoms with Crippen molar-refractivity contribution in [3.63, 3.8) is 0 Å². The van der Waals surface area contributed by atoms with E-state index in [9.17, 15) is 0 Å². The van der Waals surface area contributed by atoms with Gasteiger partial charge in [0.05, 0.1) is 12.8 Å². The molecular formula is C14H18ClN3O. The van der Waals surface area contributed by atoms with Crippen LogP contribution in [0.3, 0.4) is 0 Å². The van der Waals surface area contributed by atoms with Gasteiger partial charge < -0.3 is 14.6 Å². The minimum atomic E-state index is 0.716. The predicted molar refractivity (Wildman–Crippen MR) is 78.2 cm³/mol. The topological polar surface area (TPSA) is 39.1 Å². The van der Waals surface area contributed by atoms with E-state index in [0.29, 0.717) is 5.02 Å². The molecule has 0 saturated carbocycles. The summed E-state index contributed by atoms with van der Waals surface area (Å²) >= 11 is 6.08. The number of aryl methyl sites for hydroxylation is 2. The van der Waals surface area contributed by atoms with Crippen LogP contribution in [0.25, 0.3) is 0 Å². The largest absolute Gasteiger partial charge is 0.495 e. The fourth-order valence-corrected chi connectivity index (χ4v) is 2.08. The van der Waals surface area contributed by atoms with Gasteiger partial charge in [0.2, 0.25) is 0 Å². The second-order valence-corrected chi connectivity index (χ2v) is 4.80. The number of nitrogens with zero attached hydrogens (tertiary/aromatic N) is 2. The molecule has 0 radical (unpaired) electrons. The second kappa shape index (κ2) is 5.97. The van der Waals surface area contributed by atoms with E-state index in [1.54, 1.807) is 7.11 Å². The summed E-state index contributed by atoms with van der Waals surface area (Å²) in [6.45, 7) is 5.63. The van der Waals surface area contributed by atoms with Gasteiger partial charge in [-0.25, -0.2) is 4.98 Å². The van der Waals surface area contributed by atoms with E-state index in [4.69, 9.17) is 16.3 Å². The maximum Gasteiger partial charge on any atom is 0.143 e. The number of aromatic nitrogens is 2. The Morgan fingerprint density at radius 3 is 2.79 bits per heavy atom. The molecule has 0 aliphatic rings. The molecule has 0 unspecified atom stereocenters. The third-order valence-electron chi connectivity index (χ3n) is 3.07. The lowest BCUT2D eigenvalue weighted by Crippen LogP contribution is -2.11. The summed E-state index contributed by atoms with van der Waals surface area (Å²) < 4.78 is 7.43. The van der Waals surface area contributed by atoms with Crippen molar-refractivity contribution in [3.8, 4) is 5.75 Å². The lowest BCUT2D eigenvalue weighted by atomic mass is 10.2. The Balaban J connectivity index is 2.03. The zero-order valence-corrected chi connectivity index (χ0v) is 12.2. The molecule has 0 bridgehead atoms. The van der Waals surface area contributed by atoms with E-state index in [1.165, 1.54) is 0 Å². The Kier molecular flexibility index (Phi) is 4.32. The number of rotatable bonds is 5. The quantitative estimate of drug-likeness (QED) is 0.913. The summed E-state index contributed by atoms with van der Waals surface area (Å²) in [5.41, 5.74) is 1.99. The number of methoxy groups -OCH3 is 1. The third kappa shape index (κ3) is 3.20. The number of benzene rings is 1. The maximum atomic E-state index is 6.08. The molecular weight excluding hydrogens is 262 g/mol. The molecule has 0 saturated heterocycles. The molecule has 0 amide bonds. The summed E-state index contributed by atoms with van der Waals surface area (Å²) in [4.78, 5) is 4.19. The van der Waals surface area contributed by atoms with Crippen LogP contribution in [0.1, 0.15) is 11.4 Å². The van der Waals surface area contributed by atoms with Gasteiger partial charge in [-0.05, 0) is 25.5 Å². The molecule has 4 nitrogen and oxygen atoms in total. The van der Waals surface area contributed by atoms with Gasteiger partial charge in [0, 0.05) is 36.6 Å². The summed E-state index contributed by atoms with van der Waals surface area (Å²) in [6.07, 6.45) is 3.78. The second-order valence-electron chi connectivity index (χ2n) is 4.40. The molecule has 5 heteroatoms. The SMILES string of the molecule is COc1cc(Cl)c(C)cc1NCCn1ccnc1C. The molecule has 0 atom stereocenters. The molecule has 102 valence electrons. The first-order valence-electron chi connectivity index (χ1n) is 6.17. The number of anilines is 1. The van der Waals surface area contributed by atoms with Gasteiger partial charge in [-0.1, -0.05) is 11.6 Å². The summed E-state index contributed by atoms with van der Waals surface area (Å²) in [7, 11) is 1.65. The fraction of sp³-hybridized carbons (Fsp3) is 0.357. The highest BCUT2D eigenvalue weighted by Gasteiger charge is 2.06. The van der Waals surface area contributed by atoms with E-state index in [2.05, 4.69) is 14.9 Å². The van der Waals surface area contributed by atoms with Crippen molar-refractivity contribution >= 4 is 17.3 Å². The van der Waals surface area contributed by atoms with Crippen LogP contribution in [0.4, 0.5) is 5.69 Å². The molecule has 2 rings (SSSR count). The lowest BCUT2D eigenvalue weighted by Gasteiger charge is -2.13. The Labute approximate surface area is 118 Å². The first kappa shape index (κ1) is 13.7. The number of ether oxygens (including phenoxy) is 1. The van der Waals surface area contributed by atoms with Crippen LogP contribution < -0.4 is 10.1 Å². The highest BCUT2D eigenvalue weighted by atomic mass is 35.5. The van der Waals surface area contributed by atoms with Crippen molar-refractivity contribution in [3.05, 3.63) is 40.9 Å². The van der Waals surface area contributed by atoms with Crippen LogP contribution in [-0.2, 0) is 6.54 Å². The van der Waals surface area contributed by atoms with Crippen LogP contribution >= 0.6 is 11.6 Å². The van der Waals surface area contributed by atoms with Crippen molar-refractivity contribution in [2.75, 3.05) is 19.0 Å². The summed E-state index contributed by atoms with van der Waals surface area (Å²) in [5, 5.41) is 4.08. The molecule has 1 heterocycles. The minimum Gasteiger partial charge on any atom is -0.495 e. The van der Waals surface area contributed by atoms with Gasteiger partial charge in [-0.3, -0.25) is 0 Å². The van der Waals surface area contributed by atoms with Gasteiger partial charge in [0.25, 0.3) is 0 Å². The zero-order valence-electron chi connectivity index (χ0n) is 11.4. The highest BCUT2D eigenvalue weighted by molar-refractivity contribution is 6.31. The van der Waals surface area contributed by atoms with Crippen molar-refractivity contribution in [1.29, 1.82) is 0 Å². The average molecular weight is 280 g/mol. The van der Waals surface area contributed by atoms with E-state index in [1.807, 2.05) is 38.4 Å². The molecule has 2 aromatic rings. The van der Waals surface area contributed by atoms with Crippen LogP contribution in [0.5, 0.6) is 5.75 Å². The van der Waals surface area contributed by atoms with Gasteiger partial charge in [0.1, 0.15) is 11.6 Å². The molecule has 1 N–H and O–H groups in total. The van der Waals surface area contributed by atoms with Crippen molar-refractivity contribution in [1.82, 2.24) is 9.55 Å². The van der Waals surface area contributed by atoms with Crippen molar-refractivity contribution in [2.45, 2.75) is 20.4 Å². The maximum absolute atomic E-state index is 6.08. The monoisotopic (exact) mass is 279 g/mol. The van der Waals surface area contributed by atoms with Crippen LogP contribution in [0.15, 0.2) is 24.5 Å². The summed E-state index contributed by atoms with van der Waals surface area (Å²) in [6, 6.07) is 3.84. The molecule has 1 aromatic heterocycles. The molecule has 0 spiro atoms. The first-order chi connectivity index (χ1) is 9.11. The van der Waals surface area contributed by atoms with E-state index >= 15 is 0 Å². The zero-order chi connectivity index (χ0) is 13.8. The van der Waals surface area contributed by atoms with Gasteiger partial charge in [-0.15, -0.1) is 0 Å². The molecule has 0 aliphatic heterocycles. The van der Waals surface area contributed by atoms with E-state index < -0.39 is 0 Å². The third-order valence-corrected chi connectivity index (χ3v) is 3.48. The minimum absolute atomic E-state index is 0.716. The number of nitrogens with one attached hydrogen (secondary N) is 1. The number of imidazole rings is 1. The van der Waals surface area contributed by atoms with Crippen molar-refractivity contribution in [2.24, 2.45) is 0 Å². The normalized spacial score (nSPS) is 10.5. The number of halogens is 1. The Bertz CT molecular complexity index is 566. The standard InChI is InChI=1S/C14H18ClN3O/c1-10-8-13(14(19-3)9-12(10)15)17-5-7-18-6-4-16-11(18)2/h4,6,8-9,17H,5,7H2,1-3H3.